The molecule has 2 rings (SSSR count). The van der Waals surface area contributed by atoms with E-state index in [2.05, 4.69) is 17.9 Å². The van der Waals surface area contributed by atoms with E-state index >= 15 is 0 Å². The standard InChI is InChI=1S/C15H22Cl2N2/c1-11(13-4-5-14(16)15(17)9-13)19-8-2-3-12(10-19)6-7-18/h4-5,9,11-12H,2-3,6-8,10,18H2,1H3. The van der Waals surface area contributed by atoms with E-state index in [9.17, 15) is 0 Å². The Morgan fingerprint density at radius 3 is 2.84 bits per heavy atom. The molecule has 19 heavy (non-hydrogen) atoms. The molecule has 106 valence electrons. The molecule has 0 bridgehead atoms. The molecular formula is C15H22Cl2N2. The van der Waals surface area contributed by atoms with Crippen molar-refractivity contribution in [2.45, 2.75) is 32.2 Å². The summed E-state index contributed by atoms with van der Waals surface area (Å²) in [5.74, 6) is 0.740. The van der Waals surface area contributed by atoms with Crippen molar-refractivity contribution < 1.29 is 0 Å². The van der Waals surface area contributed by atoms with Crippen LogP contribution in [0.4, 0.5) is 0 Å². The first-order valence-electron chi connectivity index (χ1n) is 7.01. The lowest BCUT2D eigenvalue weighted by molar-refractivity contribution is 0.128. The molecule has 1 aromatic rings. The lowest BCUT2D eigenvalue weighted by Gasteiger charge is -2.37. The van der Waals surface area contributed by atoms with Crippen molar-refractivity contribution in [1.82, 2.24) is 4.90 Å². The number of likely N-dealkylation sites (tertiary alicyclic amines) is 1. The molecule has 0 amide bonds. The maximum absolute atomic E-state index is 6.11. The Labute approximate surface area is 125 Å². The minimum atomic E-state index is 0.385. The number of piperidine rings is 1. The first-order valence-corrected chi connectivity index (χ1v) is 7.76. The number of hydrogen-bond acceptors (Lipinski definition) is 2. The number of benzene rings is 1. The quantitative estimate of drug-likeness (QED) is 0.906. The van der Waals surface area contributed by atoms with E-state index in [-0.39, 0.29) is 0 Å². The van der Waals surface area contributed by atoms with Crippen LogP contribution in [0.1, 0.15) is 37.8 Å². The van der Waals surface area contributed by atoms with Crippen LogP contribution in [0.25, 0.3) is 0 Å². The Morgan fingerprint density at radius 1 is 1.37 bits per heavy atom. The predicted molar refractivity (Wildman–Crippen MR) is 82.8 cm³/mol. The van der Waals surface area contributed by atoms with E-state index in [0.29, 0.717) is 16.1 Å². The molecule has 0 saturated carbocycles. The van der Waals surface area contributed by atoms with Crippen LogP contribution in [0.15, 0.2) is 18.2 Å². The molecule has 2 nitrogen and oxygen atoms in total. The van der Waals surface area contributed by atoms with Gasteiger partial charge in [0, 0.05) is 12.6 Å². The Bertz CT molecular complexity index is 421. The highest BCUT2D eigenvalue weighted by Gasteiger charge is 2.24. The van der Waals surface area contributed by atoms with E-state index in [4.69, 9.17) is 28.9 Å². The zero-order valence-electron chi connectivity index (χ0n) is 11.4. The van der Waals surface area contributed by atoms with Gasteiger partial charge in [-0.2, -0.15) is 0 Å². The average molecular weight is 301 g/mol. The SMILES string of the molecule is CC(c1ccc(Cl)c(Cl)c1)N1CCCC(CCN)C1. The molecule has 1 aromatic carbocycles. The molecule has 1 fully saturated rings. The molecule has 0 radical (unpaired) electrons. The molecule has 0 spiro atoms. The van der Waals surface area contributed by atoms with Crippen LogP contribution < -0.4 is 5.73 Å². The maximum atomic E-state index is 6.11. The van der Waals surface area contributed by atoms with Gasteiger partial charge >= 0.3 is 0 Å². The topological polar surface area (TPSA) is 29.3 Å². The molecule has 2 N–H and O–H groups in total. The summed E-state index contributed by atoms with van der Waals surface area (Å²) in [5.41, 5.74) is 6.92. The van der Waals surface area contributed by atoms with E-state index in [1.807, 2.05) is 12.1 Å². The number of rotatable bonds is 4. The Hall–Kier alpha value is -0.280. The second-order valence-electron chi connectivity index (χ2n) is 5.43. The van der Waals surface area contributed by atoms with Crippen LogP contribution in [0.5, 0.6) is 0 Å². The van der Waals surface area contributed by atoms with Gasteiger partial charge in [0.1, 0.15) is 0 Å². The molecular weight excluding hydrogens is 279 g/mol. The van der Waals surface area contributed by atoms with E-state index < -0.39 is 0 Å². The van der Waals surface area contributed by atoms with Crippen molar-refractivity contribution in [3.63, 3.8) is 0 Å². The van der Waals surface area contributed by atoms with Gasteiger partial charge in [0.25, 0.3) is 0 Å². The van der Waals surface area contributed by atoms with E-state index in [1.165, 1.54) is 18.4 Å². The summed E-state index contributed by atoms with van der Waals surface area (Å²) < 4.78 is 0. The van der Waals surface area contributed by atoms with Gasteiger partial charge in [0.2, 0.25) is 0 Å². The monoisotopic (exact) mass is 300 g/mol. The number of hydrogen-bond donors (Lipinski definition) is 1. The summed E-state index contributed by atoms with van der Waals surface area (Å²) in [6.07, 6.45) is 3.70. The van der Waals surface area contributed by atoms with Crippen molar-refractivity contribution in [3.8, 4) is 0 Å². The van der Waals surface area contributed by atoms with Gasteiger partial charge in [-0.1, -0.05) is 29.3 Å². The van der Waals surface area contributed by atoms with Gasteiger partial charge in [-0.3, -0.25) is 4.90 Å². The molecule has 1 aliphatic heterocycles. The molecule has 0 aliphatic carbocycles. The first-order chi connectivity index (χ1) is 9.11. The van der Waals surface area contributed by atoms with Gasteiger partial charge < -0.3 is 5.73 Å². The highest BCUT2D eigenvalue weighted by molar-refractivity contribution is 6.42. The largest absolute Gasteiger partial charge is 0.330 e. The summed E-state index contributed by atoms with van der Waals surface area (Å²) in [5, 5.41) is 1.26. The molecule has 1 aliphatic rings. The van der Waals surface area contributed by atoms with Crippen LogP contribution in [0.3, 0.4) is 0 Å². The van der Waals surface area contributed by atoms with Gasteiger partial charge in [-0.25, -0.2) is 0 Å². The molecule has 1 saturated heterocycles. The fourth-order valence-corrected chi connectivity index (χ4v) is 3.21. The number of halogens is 2. The second kappa shape index (κ2) is 6.94. The fraction of sp³-hybridized carbons (Fsp3) is 0.600. The van der Waals surface area contributed by atoms with Crippen LogP contribution in [0.2, 0.25) is 10.0 Å². The number of nitrogens with two attached hydrogens (primary N) is 1. The van der Waals surface area contributed by atoms with Crippen molar-refractivity contribution in [2.75, 3.05) is 19.6 Å². The third kappa shape index (κ3) is 3.85. The summed E-state index contributed by atoms with van der Waals surface area (Å²) in [6.45, 7) is 5.32. The zero-order chi connectivity index (χ0) is 13.8. The third-order valence-electron chi connectivity index (χ3n) is 4.10. The minimum Gasteiger partial charge on any atom is -0.330 e. The van der Waals surface area contributed by atoms with Crippen molar-refractivity contribution in [2.24, 2.45) is 11.7 Å². The normalized spacial score (nSPS) is 22.4. The van der Waals surface area contributed by atoms with Gasteiger partial charge in [0.15, 0.2) is 0 Å². The smallest absolute Gasteiger partial charge is 0.0595 e. The Kier molecular flexibility index (Phi) is 5.52. The zero-order valence-corrected chi connectivity index (χ0v) is 12.9. The molecule has 2 unspecified atom stereocenters. The minimum absolute atomic E-state index is 0.385. The van der Waals surface area contributed by atoms with Crippen LogP contribution in [-0.2, 0) is 0 Å². The second-order valence-corrected chi connectivity index (χ2v) is 6.24. The summed E-state index contributed by atoms with van der Waals surface area (Å²) in [4.78, 5) is 2.53. The maximum Gasteiger partial charge on any atom is 0.0595 e. The highest BCUT2D eigenvalue weighted by Crippen LogP contribution is 2.31. The highest BCUT2D eigenvalue weighted by atomic mass is 35.5. The van der Waals surface area contributed by atoms with E-state index in [1.54, 1.807) is 0 Å². The van der Waals surface area contributed by atoms with Crippen molar-refractivity contribution in [3.05, 3.63) is 33.8 Å². The Morgan fingerprint density at radius 2 is 2.16 bits per heavy atom. The summed E-state index contributed by atoms with van der Waals surface area (Å²) >= 11 is 12.1. The van der Waals surface area contributed by atoms with Crippen molar-refractivity contribution in [1.29, 1.82) is 0 Å². The number of nitrogens with zero attached hydrogens (tertiary/aromatic N) is 1. The fourth-order valence-electron chi connectivity index (χ4n) is 2.90. The Balaban J connectivity index is 2.05. The van der Waals surface area contributed by atoms with E-state index in [0.717, 1.165) is 32.0 Å². The molecule has 4 heteroatoms. The van der Waals surface area contributed by atoms with Gasteiger partial charge in [0.05, 0.1) is 10.0 Å². The van der Waals surface area contributed by atoms with Crippen molar-refractivity contribution >= 4 is 23.2 Å². The molecule has 2 atom stereocenters. The third-order valence-corrected chi connectivity index (χ3v) is 4.84. The lowest BCUT2D eigenvalue weighted by Crippen LogP contribution is -2.37. The summed E-state index contributed by atoms with van der Waals surface area (Å²) in [6, 6.07) is 6.33. The van der Waals surface area contributed by atoms with Crippen LogP contribution >= 0.6 is 23.2 Å². The average Bonchev–Trinajstić information content (AvgIpc) is 2.42. The lowest BCUT2D eigenvalue weighted by atomic mass is 9.93. The van der Waals surface area contributed by atoms with Gasteiger partial charge in [-0.15, -0.1) is 0 Å². The van der Waals surface area contributed by atoms with Gasteiger partial charge in [-0.05, 0) is 62.9 Å². The van der Waals surface area contributed by atoms with Crippen LogP contribution in [-0.4, -0.2) is 24.5 Å². The predicted octanol–water partition coefficient (Wildman–Crippen LogP) is 4.12. The first kappa shape index (κ1) is 15.1. The van der Waals surface area contributed by atoms with Crippen LogP contribution in [0, 0.1) is 5.92 Å². The molecule has 1 heterocycles. The molecule has 0 aromatic heterocycles. The summed E-state index contributed by atoms with van der Waals surface area (Å²) in [7, 11) is 0.